The van der Waals surface area contributed by atoms with Crippen molar-refractivity contribution in [3.63, 3.8) is 0 Å². The molecule has 2 aromatic carbocycles. The van der Waals surface area contributed by atoms with Crippen LogP contribution in [-0.4, -0.2) is 79.2 Å². The first-order valence-electron chi connectivity index (χ1n) is 13.2. The highest BCUT2D eigenvalue weighted by Gasteiger charge is 2.43. The highest BCUT2D eigenvalue weighted by molar-refractivity contribution is 8.16. The fraction of sp³-hybridized carbons (Fsp3) is 0.367. The second-order valence-corrected chi connectivity index (χ2v) is 10.8. The molecule has 0 radical (unpaired) electrons. The van der Waals surface area contributed by atoms with Gasteiger partial charge in [0.25, 0.3) is 0 Å². The molecule has 3 aliphatic heterocycles. The number of esters is 1. The van der Waals surface area contributed by atoms with Crippen molar-refractivity contribution in [3.05, 3.63) is 82.0 Å². The first-order chi connectivity index (χ1) is 19.4. The molecular formula is C30H34N4O5S. The number of benzene rings is 2. The second kappa shape index (κ2) is 12.2. The van der Waals surface area contributed by atoms with Gasteiger partial charge in [0.2, 0.25) is 5.91 Å². The van der Waals surface area contributed by atoms with E-state index in [1.807, 2.05) is 70.7 Å². The molecule has 210 valence electrons. The number of methoxy groups -OCH3 is 2. The van der Waals surface area contributed by atoms with Gasteiger partial charge in [0.1, 0.15) is 18.1 Å². The summed E-state index contributed by atoms with van der Waals surface area (Å²) < 4.78 is 17.1. The standard InChI is InChI=1S/C30H34N4O5S/c1-20-27(29(36)39-18-21-8-6-5-7-9-21)28(24-17-23(37-3)10-11-25(24)38-4)34-22(19-40-30(34)31-20)16-26(35)33-14-12-32(2)13-15-33/h5-11,17,19,28H,12-16,18H2,1-4H3. The Morgan fingerprint density at radius 3 is 2.48 bits per heavy atom. The number of carbonyl (C=O) groups is 2. The van der Waals surface area contributed by atoms with E-state index in [-0.39, 0.29) is 18.9 Å². The number of hydrogen-bond acceptors (Lipinski definition) is 9. The minimum Gasteiger partial charge on any atom is -0.497 e. The second-order valence-electron chi connectivity index (χ2n) is 9.92. The molecule has 10 heteroatoms. The summed E-state index contributed by atoms with van der Waals surface area (Å²) in [7, 11) is 5.26. The topological polar surface area (TPSA) is 83.9 Å². The van der Waals surface area contributed by atoms with Crippen LogP contribution in [0.2, 0.25) is 0 Å². The SMILES string of the molecule is COc1ccc(OC)c(C2C(C(=O)OCc3ccccc3)=C(C)N=C3SC=C(CC(=O)N4CCN(C)CC4)N32)c1. The van der Waals surface area contributed by atoms with Crippen LogP contribution < -0.4 is 9.47 Å². The molecular weight excluding hydrogens is 528 g/mol. The van der Waals surface area contributed by atoms with Crippen LogP contribution in [0.15, 0.2) is 75.9 Å². The maximum absolute atomic E-state index is 13.8. The first-order valence-corrected chi connectivity index (χ1v) is 14.1. The van der Waals surface area contributed by atoms with E-state index in [0.717, 1.165) is 29.9 Å². The molecule has 2 aromatic rings. The molecule has 1 saturated heterocycles. The zero-order valence-corrected chi connectivity index (χ0v) is 24.1. The molecule has 0 aliphatic carbocycles. The summed E-state index contributed by atoms with van der Waals surface area (Å²) in [6, 6.07) is 14.4. The van der Waals surface area contributed by atoms with Gasteiger partial charge in [-0.05, 0) is 43.1 Å². The fourth-order valence-corrected chi connectivity index (χ4v) is 6.07. The number of hydrogen-bond donors (Lipinski definition) is 0. The summed E-state index contributed by atoms with van der Waals surface area (Å²) >= 11 is 1.45. The largest absolute Gasteiger partial charge is 0.497 e. The Bertz CT molecular complexity index is 1370. The lowest BCUT2D eigenvalue weighted by molar-refractivity contribution is -0.141. The summed E-state index contributed by atoms with van der Waals surface area (Å²) in [5.41, 5.74) is 3.35. The monoisotopic (exact) mass is 562 g/mol. The molecule has 0 spiro atoms. The van der Waals surface area contributed by atoms with Gasteiger partial charge in [-0.3, -0.25) is 4.79 Å². The third-order valence-electron chi connectivity index (χ3n) is 7.35. The van der Waals surface area contributed by atoms with Crippen LogP contribution in [0.1, 0.15) is 30.5 Å². The van der Waals surface area contributed by atoms with Gasteiger partial charge in [-0.2, -0.15) is 0 Å². The van der Waals surface area contributed by atoms with E-state index in [1.165, 1.54) is 11.8 Å². The molecule has 1 amide bonds. The Labute approximate surface area is 239 Å². The van der Waals surface area contributed by atoms with Crippen molar-refractivity contribution in [1.29, 1.82) is 0 Å². The molecule has 0 saturated carbocycles. The first kappa shape index (κ1) is 27.8. The van der Waals surface area contributed by atoms with Crippen molar-refractivity contribution < 1.29 is 23.8 Å². The molecule has 3 aliphatic rings. The third kappa shape index (κ3) is 5.73. The summed E-state index contributed by atoms with van der Waals surface area (Å²) in [5.74, 6) is 0.799. The minimum atomic E-state index is -0.623. The van der Waals surface area contributed by atoms with E-state index >= 15 is 0 Å². The number of carbonyl (C=O) groups excluding carboxylic acids is 2. The molecule has 1 atom stereocenters. The number of nitrogens with zero attached hydrogens (tertiary/aromatic N) is 4. The van der Waals surface area contributed by atoms with Crippen LogP contribution in [0.25, 0.3) is 0 Å². The van der Waals surface area contributed by atoms with Crippen molar-refractivity contribution in [2.75, 3.05) is 47.4 Å². The minimum absolute atomic E-state index is 0.0528. The number of fused-ring (bicyclic) bond motifs is 1. The number of thioether (sulfide) groups is 1. The number of amides is 1. The number of allylic oxidation sites excluding steroid dienone is 1. The van der Waals surface area contributed by atoms with Crippen molar-refractivity contribution in [2.24, 2.45) is 4.99 Å². The van der Waals surface area contributed by atoms with E-state index in [0.29, 0.717) is 41.0 Å². The van der Waals surface area contributed by atoms with Gasteiger partial charge in [-0.1, -0.05) is 42.1 Å². The molecule has 40 heavy (non-hydrogen) atoms. The van der Waals surface area contributed by atoms with Crippen molar-refractivity contribution >= 4 is 28.8 Å². The molecule has 5 rings (SSSR count). The molecule has 1 unspecified atom stereocenters. The maximum atomic E-state index is 13.8. The quantitative estimate of drug-likeness (QED) is 0.443. The number of aliphatic imine (C=N–C) groups is 1. The number of likely N-dealkylation sites (N-methyl/N-ethyl adjacent to an activating group) is 1. The van der Waals surface area contributed by atoms with Gasteiger partial charge in [0, 0.05) is 37.4 Å². The number of ether oxygens (including phenoxy) is 3. The van der Waals surface area contributed by atoms with E-state index in [1.54, 1.807) is 14.2 Å². The van der Waals surface area contributed by atoms with Crippen LogP contribution in [0.3, 0.4) is 0 Å². The predicted octanol–water partition coefficient (Wildman–Crippen LogP) is 4.19. The summed E-state index contributed by atoms with van der Waals surface area (Å²) in [5, 5.41) is 2.66. The van der Waals surface area contributed by atoms with Crippen LogP contribution in [-0.2, 0) is 20.9 Å². The highest BCUT2D eigenvalue weighted by Crippen LogP contribution is 2.47. The Hall–Kier alpha value is -3.76. The van der Waals surface area contributed by atoms with E-state index in [4.69, 9.17) is 19.2 Å². The van der Waals surface area contributed by atoms with Gasteiger partial charge in [0.15, 0.2) is 5.17 Å². The average Bonchev–Trinajstić information content (AvgIpc) is 3.37. The lowest BCUT2D eigenvalue weighted by Crippen LogP contribution is -2.47. The lowest BCUT2D eigenvalue weighted by Gasteiger charge is -2.38. The van der Waals surface area contributed by atoms with Crippen molar-refractivity contribution in [3.8, 4) is 11.5 Å². The van der Waals surface area contributed by atoms with Gasteiger partial charge >= 0.3 is 5.97 Å². The van der Waals surface area contributed by atoms with Gasteiger partial charge < -0.3 is 28.9 Å². The highest BCUT2D eigenvalue weighted by atomic mass is 32.2. The molecule has 1 fully saturated rings. The summed E-state index contributed by atoms with van der Waals surface area (Å²) in [4.78, 5) is 38.0. The Morgan fingerprint density at radius 1 is 1.02 bits per heavy atom. The summed E-state index contributed by atoms with van der Waals surface area (Å²) in [6.45, 7) is 5.03. The number of rotatable bonds is 8. The van der Waals surface area contributed by atoms with E-state index in [9.17, 15) is 9.59 Å². The van der Waals surface area contributed by atoms with Gasteiger partial charge in [0.05, 0.1) is 38.0 Å². The lowest BCUT2D eigenvalue weighted by atomic mass is 9.92. The molecule has 0 aromatic heterocycles. The third-order valence-corrected chi connectivity index (χ3v) is 8.24. The smallest absolute Gasteiger partial charge is 0.338 e. The maximum Gasteiger partial charge on any atom is 0.338 e. The van der Waals surface area contributed by atoms with Crippen LogP contribution in [0, 0.1) is 0 Å². The molecule has 0 bridgehead atoms. The zero-order chi connectivity index (χ0) is 28.2. The van der Waals surface area contributed by atoms with E-state index in [2.05, 4.69) is 11.9 Å². The Balaban J connectivity index is 1.50. The van der Waals surface area contributed by atoms with Gasteiger partial charge in [-0.25, -0.2) is 9.79 Å². The zero-order valence-electron chi connectivity index (χ0n) is 23.3. The van der Waals surface area contributed by atoms with Crippen LogP contribution in [0.5, 0.6) is 11.5 Å². The van der Waals surface area contributed by atoms with Gasteiger partial charge in [-0.15, -0.1) is 0 Å². The van der Waals surface area contributed by atoms with E-state index < -0.39 is 12.0 Å². The molecule has 9 nitrogen and oxygen atoms in total. The summed E-state index contributed by atoms with van der Waals surface area (Å²) in [6.07, 6.45) is 0.198. The Morgan fingerprint density at radius 2 is 1.77 bits per heavy atom. The predicted molar refractivity (Wildman–Crippen MR) is 155 cm³/mol. The Kier molecular flexibility index (Phi) is 8.46. The number of amidine groups is 1. The normalized spacial score (nSPS) is 19.1. The van der Waals surface area contributed by atoms with Crippen molar-refractivity contribution in [1.82, 2.24) is 14.7 Å². The molecule has 0 N–H and O–H groups in total. The number of piperazine rings is 1. The van der Waals surface area contributed by atoms with Crippen molar-refractivity contribution in [2.45, 2.75) is 26.0 Å². The fourth-order valence-electron chi connectivity index (χ4n) is 5.10. The van der Waals surface area contributed by atoms with Crippen LogP contribution >= 0.6 is 11.8 Å². The molecule has 3 heterocycles. The van der Waals surface area contributed by atoms with Crippen LogP contribution in [0.4, 0.5) is 0 Å². The average molecular weight is 563 g/mol.